The van der Waals surface area contributed by atoms with E-state index in [0.717, 1.165) is 0 Å². The van der Waals surface area contributed by atoms with E-state index in [-0.39, 0.29) is 18.9 Å². The molecule has 0 radical (unpaired) electrons. The molecule has 0 atom stereocenters. The lowest BCUT2D eigenvalue weighted by atomic mass is 10.1. The van der Waals surface area contributed by atoms with Gasteiger partial charge in [-0.15, -0.1) is 0 Å². The third-order valence-electron chi connectivity index (χ3n) is 3.03. The number of carbonyl (C=O) groups excluding carboxylic acids is 1. The molecule has 1 amide bonds. The van der Waals surface area contributed by atoms with Gasteiger partial charge >= 0.3 is 5.97 Å². The average molecular weight is 307 g/mol. The lowest BCUT2D eigenvalue weighted by molar-refractivity contribution is -0.137. The molecule has 0 heterocycles. The predicted octanol–water partition coefficient (Wildman–Crippen LogP) is 2.20. The molecule has 0 aliphatic carbocycles. The molecule has 1 aromatic rings. The summed E-state index contributed by atoms with van der Waals surface area (Å²) in [7, 11) is 1.49. The number of carbonyl (C=O) groups is 2. The summed E-state index contributed by atoms with van der Waals surface area (Å²) in [5.74, 6) is -0.205. The third-order valence-corrected chi connectivity index (χ3v) is 3.03. The Bertz CT molecular complexity index is 541. The van der Waals surface area contributed by atoms with Crippen LogP contribution in [0.2, 0.25) is 0 Å². The molecule has 0 fully saturated rings. The zero-order chi connectivity index (χ0) is 16.5. The highest BCUT2D eigenvalue weighted by Crippen LogP contribution is 2.28. The van der Waals surface area contributed by atoms with Crippen molar-refractivity contribution in [2.24, 2.45) is 0 Å². The standard InChI is InChI=1S/C16H21NO5/c1-4-10-22-13-7-6-12(11-14(13)21-3)16(20)17(5-2)9-8-15(18)19/h4,6-7,11H,1,5,8-10H2,2-3H3,(H,18,19). The second-order valence-corrected chi connectivity index (χ2v) is 4.49. The number of carboxylic acid groups (broad SMARTS) is 1. The summed E-state index contributed by atoms with van der Waals surface area (Å²) in [4.78, 5) is 24.5. The molecular formula is C16H21NO5. The summed E-state index contributed by atoms with van der Waals surface area (Å²) in [6.45, 7) is 6.31. The van der Waals surface area contributed by atoms with Gasteiger partial charge in [0.1, 0.15) is 6.61 Å². The summed E-state index contributed by atoms with van der Waals surface area (Å²) < 4.78 is 10.7. The second-order valence-electron chi connectivity index (χ2n) is 4.49. The zero-order valence-electron chi connectivity index (χ0n) is 12.9. The number of benzene rings is 1. The highest BCUT2D eigenvalue weighted by atomic mass is 16.5. The van der Waals surface area contributed by atoms with Crippen molar-refractivity contribution >= 4 is 11.9 Å². The Balaban J connectivity index is 2.92. The molecular weight excluding hydrogens is 286 g/mol. The van der Waals surface area contributed by atoms with E-state index in [1.165, 1.54) is 12.0 Å². The van der Waals surface area contributed by atoms with Gasteiger partial charge in [0.15, 0.2) is 11.5 Å². The molecule has 0 saturated heterocycles. The van der Waals surface area contributed by atoms with E-state index in [1.54, 1.807) is 31.2 Å². The fraction of sp³-hybridized carbons (Fsp3) is 0.375. The van der Waals surface area contributed by atoms with E-state index in [2.05, 4.69) is 6.58 Å². The minimum absolute atomic E-state index is 0.0861. The Morgan fingerprint density at radius 1 is 1.36 bits per heavy atom. The van der Waals surface area contributed by atoms with Crippen molar-refractivity contribution in [3.05, 3.63) is 36.4 Å². The maximum atomic E-state index is 12.4. The molecule has 1 rings (SSSR count). The molecule has 0 unspecified atom stereocenters. The van der Waals surface area contributed by atoms with Crippen LogP contribution in [-0.2, 0) is 4.79 Å². The largest absolute Gasteiger partial charge is 0.493 e. The maximum absolute atomic E-state index is 12.4. The van der Waals surface area contributed by atoms with E-state index in [1.807, 2.05) is 0 Å². The number of ether oxygens (including phenoxy) is 2. The summed E-state index contributed by atoms with van der Waals surface area (Å²) in [5, 5.41) is 8.73. The first-order valence-electron chi connectivity index (χ1n) is 6.96. The first-order chi connectivity index (χ1) is 10.5. The van der Waals surface area contributed by atoms with Crippen LogP contribution in [0.5, 0.6) is 11.5 Å². The molecule has 0 saturated carbocycles. The highest BCUT2D eigenvalue weighted by molar-refractivity contribution is 5.95. The van der Waals surface area contributed by atoms with E-state index >= 15 is 0 Å². The van der Waals surface area contributed by atoms with Gasteiger partial charge in [-0.3, -0.25) is 9.59 Å². The summed E-state index contributed by atoms with van der Waals surface area (Å²) in [6, 6.07) is 4.87. The predicted molar refractivity (Wildman–Crippen MR) is 82.5 cm³/mol. The lowest BCUT2D eigenvalue weighted by Gasteiger charge is -2.20. The van der Waals surface area contributed by atoms with Gasteiger partial charge in [-0.25, -0.2) is 0 Å². The van der Waals surface area contributed by atoms with Crippen LogP contribution in [0.25, 0.3) is 0 Å². The number of rotatable bonds is 9. The second kappa shape index (κ2) is 8.71. The molecule has 0 aliphatic heterocycles. The monoisotopic (exact) mass is 307 g/mol. The minimum atomic E-state index is -0.933. The molecule has 0 aromatic heterocycles. The van der Waals surface area contributed by atoms with Crippen molar-refractivity contribution in [3.63, 3.8) is 0 Å². The molecule has 0 bridgehead atoms. The maximum Gasteiger partial charge on any atom is 0.305 e. The van der Waals surface area contributed by atoms with Crippen LogP contribution in [0.3, 0.4) is 0 Å². The van der Waals surface area contributed by atoms with Crippen molar-refractivity contribution in [2.75, 3.05) is 26.8 Å². The molecule has 0 aliphatic rings. The van der Waals surface area contributed by atoms with E-state index in [4.69, 9.17) is 14.6 Å². The van der Waals surface area contributed by atoms with Gasteiger partial charge in [0.05, 0.1) is 13.5 Å². The molecule has 22 heavy (non-hydrogen) atoms. The Hall–Kier alpha value is -2.50. The van der Waals surface area contributed by atoms with E-state index in [0.29, 0.717) is 30.2 Å². The van der Waals surface area contributed by atoms with Crippen LogP contribution in [0.4, 0.5) is 0 Å². The molecule has 1 N–H and O–H groups in total. The van der Waals surface area contributed by atoms with Crippen molar-refractivity contribution in [2.45, 2.75) is 13.3 Å². The van der Waals surface area contributed by atoms with Crippen molar-refractivity contribution < 1.29 is 24.2 Å². The number of methoxy groups -OCH3 is 1. The third kappa shape index (κ3) is 4.80. The highest BCUT2D eigenvalue weighted by Gasteiger charge is 2.17. The topological polar surface area (TPSA) is 76.1 Å². The summed E-state index contributed by atoms with van der Waals surface area (Å²) in [6.07, 6.45) is 1.53. The summed E-state index contributed by atoms with van der Waals surface area (Å²) in [5.41, 5.74) is 0.426. The molecule has 120 valence electrons. The van der Waals surface area contributed by atoms with Gasteiger partial charge in [0.2, 0.25) is 0 Å². The Labute approximate surface area is 129 Å². The van der Waals surface area contributed by atoms with Gasteiger partial charge in [-0.1, -0.05) is 12.7 Å². The fourth-order valence-electron chi connectivity index (χ4n) is 1.89. The van der Waals surface area contributed by atoms with Crippen LogP contribution in [-0.4, -0.2) is 48.7 Å². The van der Waals surface area contributed by atoms with E-state index < -0.39 is 5.97 Å². The number of aliphatic carboxylic acids is 1. The van der Waals surface area contributed by atoms with Crippen LogP contribution in [0.1, 0.15) is 23.7 Å². The lowest BCUT2D eigenvalue weighted by Crippen LogP contribution is -2.32. The van der Waals surface area contributed by atoms with Gasteiger partial charge in [0.25, 0.3) is 5.91 Å². The van der Waals surface area contributed by atoms with Crippen molar-refractivity contribution in [3.8, 4) is 11.5 Å². The van der Waals surface area contributed by atoms with Crippen LogP contribution in [0, 0.1) is 0 Å². The van der Waals surface area contributed by atoms with Gasteiger partial charge in [-0.2, -0.15) is 0 Å². The van der Waals surface area contributed by atoms with Crippen LogP contribution >= 0.6 is 0 Å². The first kappa shape index (κ1) is 17.6. The number of carboxylic acids is 1. The average Bonchev–Trinajstić information content (AvgIpc) is 2.52. The van der Waals surface area contributed by atoms with Crippen molar-refractivity contribution in [1.82, 2.24) is 4.90 Å². The van der Waals surface area contributed by atoms with Gasteiger partial charge in [-0.05, 0) is 25.1 Å². The van der Waals surface area contributed by atoms with Crippen molar-refractivity contribution in [1.29, 1.82) is 0 Å². The SMILES string of the molecule is C=CCOc1ccc(C(=O)N(CC)CCC(=O)O)cc1OC. The first-order valence-corrected chi connectivity index (χ1v) is 6.96. The quantitative estimate of drug-likeness (QED) is 0.708. The molecule has 6 nitrogen and oxygen atoms in total. The summed E-state index contributed by atoms with van der Waals surface area (Å²) >= 11 is 0. The normalized spacial score (nSPS) is 9.91. The number of hydrogen-bond donors (Lipinski definition) is 1. The fourth-order valence-corrected chi connectivity index (χ4v) is 1.89. The number of amides is 1. The molecule has 6 heteroatoms. The van der Waals surface area contributed by atoms with Gasteiger partial charge < -0.3 is 19.5 Å². The van der Waals surface area contributed by atoms with E-state index in [9.17, 15) is 9.59 Å². The van der Waals surface area contributed by atoms with Crippen LogP contribution < -0.4 is 9.47 Å². The number of hydrogen-bond acceptors (Lipinski definition) is 4. The van der Waals surface area contributed by atoms with Gasteiger partial charge in [0, 0.05) is 18.7 Å². The van der Waals surface area contributed by atoms with Crippen LogP contribution in [0.15, 0.2) is 30.9 Å². The Morgan fingerprint density at radius 2 is 2.09 bits per heavy atom. The number of nitrogens with zero attached hydrogens (tertiary/aromatic N) is 1. The zero-order valence-corrected chi connectivity index (χ0v) is 12.9. The molecule has 1 aromatic carbocycles. The minimum Gasteiger partial charge on any atom is -0.493 e. The molecule has 0 spiro atoms. The Kier molecular flexibility index (Phi) is 6.95. The smallest absolute Gasteiger partial charge is 0.305 e. The Morgan fingerprint density at radius 3 is 2.64 bits per heavy atom.